The Labute approximate surface area is 149 Å². The molecule has 1 aromatic rings. The van der Waals surface area contributed by atoms with E-state index in [4.69, 9.17) is 16.4 Å². The van der Waals surface area contributed by atoms with Crippen LogP contribution >= 0.6 is 11.6 Å². The van der Waals surface area contributed by atoms with Gasteiger partial charge in [0.25, 0.3) is 0 Å². The molecule has 0 saturated heterocycles. The molecule has 25 heavy (non-hydrogen) atoms. The average Bonchev–Trinajstić information content (AvgIpc) is 2.48. The van der Waals surface area contributed by atoms with Crippen LogP contribution < -0.4 is 4.72 Å². The van der Waals surface area contributed by atoms with Gasteiger partial charge in [-0.25, -0.2) is 0 Å². The Morgan fingerprint density at radius 1 is 1.36 bits per heavy atom. The predicted molar refractivity (Wildman–Crippen MR) is 92.3 cm³/mol. The van der Waals surface area contributed by atoms with Gasteiger partial charge in [0.1, 0.15) is 6.61 Å². The van der Waals surface area contributed by atoms with E-state index in [0.717, 1.165) is 11.6 Å². The zero-order valence-corrected chi connectivity index (χ0v) is 15.4. The van der Waals surface area contributed by atoms with E-state index in [9.17, 15) is 21.6 Å². The third-order valence-electron chi connectivity index (χ3n) is 2.92. The highest BCUT2D eigenvalue weighted by Crippen LogP contribution is 2.29. The van der Waals surface area contributed by atoms with Gasteiger partial charge in [0.15, 0.2) is 0 Å². The lowest BCUT2D eigenvalue weighted by molar-refractivity contribution is -0.0429. The lowest BCUT2D eigenvalue weighted by Gasteiger charge is -2.15. The van der Waals surface area contributed by atoms with Crippen LogP contribution in [0.3, 0.4) is 0 Å². The van der Waals surface area contributed by atoms with Crippen molar-refractivity contribution in [3.8, 4) is 0 Å². The summed E-state index contributed by atoms with van der Waals surface area (Å²) in [7, 11) is -5.56. The van der Waals surface area contributed by atoms with Gasteiger partial charge in [-0.3, -0.25) is 4.72 Å². The maximum Gasteiger partial charge on any atom is 0.516 e. The molecule has 1 aromatic carbocycles. The summed E-state index contributed by atoms with van der Waals surface area (Å²) >= 11 is 5.88. The van der Waals surface area contributed by atoms with Crippen molar-refractivity contribution >= 4 is 33.0 Å². The Hall–Kier alpha value is -1.74. The highest BCUT2D eigenvalue weighted by molar-refractivity contribution is 7.93. The Kier molecular flexibility index (Phi) is 7.30. The average molecular weight is 399 g/mol. The molecule has 140 valence electrons. The minimum atomic E-state index is -5.56. The molecule has 0 heterocycles. The molecule has 10 heteroatoms. The molecule has 0 amide bonds. The van der Waals surface area contributed by atoms with Gasteiger partial charge in [-0.1, -0.05) is 29.3 Å². The van der Waals surface area contributed by atoms with E-state index < -0.39 is 15.5 Å². The maximum atomic E-state index is 12.6. The van der Waals surface area contributed by atoms with Crippen molar-refractivity contribution < 1.29 is 26.4 Å². The van der Waals surface area contributed by atoms with Crippen LogP contribution in [0.25, 0.3) is 0 Å². The van der Waals surface area contributed by atoms with Crippen molar-refractivity contribution in [3.05, 3.63) is 40.4 Å². The highest BCUT2D eigenvalue weighted by atomic mass is 35.5. The Bertz CT molecular complexity index is 771. The minimum Gasteiger partial charge on any atom is -0.391 e. The summed E-state index contributed by atoms with van der Waals surface area (Å²) in [4.78, 5) is 5.11. The van der Waals surface area contributed by atoms with Crippen molar-refractivity contribution in [2.24, 2.45) is 5.16 Å². The van der Waals surface area contributed by atoms with E-state index in [-0.39, 0.29) is 35.0 Å². The van der Waals surface area contributed by atoms with Crippen LogP contribution in [0.2, 0.25) is 5.02 Å². The summed E-state index contributed by atoms with van der Waals surface area (Å²) in [5, 5.41) is 4.09. The molecule has 0 saturated carbocycles. The number of nitrogens with one attached hydrogen (secondary N) is 1. The number of alkyl halides is 3. The van der Waals surface area contributed by atoms with Crippen LogP contribution in [-0.2, 0) is 14.9 Å². The molecule has 0 fully saturated rings. The van der Waals surface area contributed by atoms with Gasteiger partial charge in [-0.2, -0.15) is 21.6 Å². The number of hydrogen-bond donors (Lipinski definition) is 1. The van der Waals surface area contributed by atoms with Gasteiger partial charge < -0.3 is 4.84 Å². The van der Waals surface area contributed by atoms with Crippen LogP contribution in [0.5, 0.6) is 0 Å². The van der Waals surface area contributed by atoms with Crippen molar-refractivity contribution in [3.63, 3.8) is 0 Å². The molecule has 1 N–H and O–H groups in total. The van der Waals surface area contributed by atoms with E-state index in [1.165, 1.54) is 16.9 Å². The second kappa shape index (κ2) is 8.57. The zero-order chi connectivity index (χ0) is 19.3. The number of allylic oxidation sites excluding steroid dienone is 1. The Morgan fingerprint density at radius 2 is 2.00 bits per heavy atom. The number of halogens is 4. The molecule has 5 nitrogen and oxygen atoms in total. The minimum absolute atomic E-state index is 0.111. The fourth-order valence-corrected chi connectivity index (χ4v) is 2.43. The molecule has 0 aromatic heterocycles. The molecule has 0 atom stereocenters. The highest BCUT2D eigenvalue weighted by Gasteiger charge is 2.46. The first-order valence-electron chi connectivity index (χ1n) is 7.19. The quantitative estimate of drug-likeness (QED) is 0.313. The van der Waals surface area contributed by atoms with Crippen LogP contribution in [-0.4, -0.2) is 26.2 Å². The maximum absolute atomic E-state index is 12.6. The van der Waals surface area contributed by atoms with Crippen LogP contribution in [0, 0.1) is 0 Å². The van der Waals surface area contributed by atoms with Crippen LogP contribution in [0.15, 0.2) is 35.0 Å². The smallest absolute Gasteiger partial charge is 0.391 e. The first-order valence-corrected chi connectivity index (χ1v) is 9.05. The van der Waals surface area contributed by atoms with Gasteiger partial charge in [0.05, 0.1) is 11.4 Å². The molecule has 0 radical (unpaired) electrons. The van der Waals surface area contributed by atoms with Gasteiger partial charge in [0, 0.05) is 10.6 Å². The number of benzene rings is 1. The lowest BCUT2D eigenvalue weighted by Crippen LogP contribution is -2.30. The van der Waals surface area contributed by atoms with E-state index in [1.807, 2.05) is 13.8 Å². The number of nitrogens with zero attached hydrogens (tertiary/aromatic N) is 1. The molecule has 0 bridgehead atoms. The summed E-state index contributed by atoms with van der Waals surface area (Å²) in [5.41, 5.74) is -4.35. The van der Waals surface area contributed by atoms with E-state index in [2.05, 4.69) is 5.16 Å². The summed E-state index contributed by atoms with van der Waals surface area (Å²) < 4.78 is 62.0. The second-order valence-electron chi connectivity index (χ2n) is 5.21. The standard InChI is InChI=1S/C15H18ClF3N2O3S/c1-4-13(20-24-8-7-10(2)3)12-9-11(16)5-6-14(12)21-25(22,23)15(17,18)19/h5-7,9,21H,4,8H2,1-3H3. The first-order chi connectivity index (χ1) is 11.5. The third kappa shape index (κ3) is 6.24. The lowest BCUT2D eigenvalue weighted by atomic mass is 10.1. The zero-order valence-electron chi connectivity index (χ0n) is 13.8. The normalized spacial score (nSPS) is 12.7. The fraction of sp³-hybridized carbons (Fsp3) is 0.400. The van der Waals surface area contributed by atoms with Gasteiger partial charge >= 0.3 is 15.5 Å². The number of oxime groups is 1. The summed E-state index contributed by atoms with van der Waals surface area (Å²) in [6, 6.07) is 3.74. The van der Waals surface area contributed by atoms with E-state index in [0.29, 0.717) is 0 Å². The van der Waals surface area contributed by atoms with Crippen molar-refractivity contribution in [1.82, 2.24) is 0 Å². The number of sulfonamides is 1. The van der Waals surface area contributed by atoms with Gasteiger partial charge in [0.2, 0.25) is 0 Å². The number of rotatable bonds is 7. The van der Waals surface area contributed by atoms with Crippen LogP contribution in [0.1, 0.15) is 32.8 Å². The Balaban J connectivity index is 3.23. The third-order valence-corrected chi connectivity index (χ3v) is 4.25. The SMILES string of the molecule is CCC(=NOCC=C(C)C)c1cc(Cl)ccc1NS(=O)(=O)C(F)(F)F. The van der Waals surface area contributed by atoms with Gasteiger partial charge in [-0.15, -0.1) is 0 Å². The number of anilines is 1. The summed E-state index contributed by atoms with van der Waals surface area (Å²) in [5.74, 6) is 0. The summed E-state index contributed by atoms with van der Waals surface area (Å²) in [6.07, 6.45) is 2.05. The molecule has 0 aliphatic carbocycles. The van der Waals surface area contributed by atoms with Crippen molar-refractivity contribution in [1.29, 1.82) is 0 Å². The molecule has 1 rings (SSSR count). The van der Waals surface area contributed by atoms with Crippen LogP contribution in [0.4, 0.5) is 18.9 Å². The van der Waals surface area contributed by atoms with E-state index >= 15 is 0 Å². The molecule has 0 aliphatic heterocycles. The van der Waals surface area contributed by atoms with Crippen molar-refractivity contribution in [2.45, 2.75) is 32.7 Å². The first kappa shape index (κ1) is 21.3. The Morgan fingerprint density at radius 3 is 2.52 bits per heavy atom. The molecule has 0 spiro atoms. The van der Waals surface area contributed by atoms with Crippen molar-refractivity contribution in [2.75, 3.05) is 11.3 Å². The van der Waals surface area contributed by atoms with E-state index in [1.54, 1.807) is 13.0 Å². The van der Waals surface area contributed by atoms with Gasteiger partial charge in [-0.05, 0) is 44.5 Å². The molecule has 0 unspecified atom stereocenters. The second-order valence-corrected chi connectivity index (χ2v) is 7.32. The topological polar surface area (TPSA) is 67.8 Å². The fourth-order valence-electron chi connectivity index (χ4n) is 1.67. The molecular formula is C15H18ClF3N2O3S. The molecular weight excluding hydrogens is 381 g/mol. The monoisotopic (exact) mass is 398 g/mol. The number of hydrogen-bond acceptors (Lipinski definition) is 4. The summed E-state index contributed by atoms with van der Waals surface area (Å²) in [6.45, 7) is 5.62. The largest absolute Gasteiger partial charge is 0.516 e. The predicted octanol–water partition coefficient (Wildman–Crippen LogP) is 4.70. The molecule has 0 aliphatic rings.